The van der Waals surface area contributed by atoms with Gasteiger partial charge in [0.2, 0.25) is 0 Å². The first kappa shape index (κ1) is 12.4. The summed E-state index contributed by atoms with van der Waals surface area (Å²) in [6.07, 6.45) is 1.56. The van der Waals surface area contributed by atoms with E-state index in [9.17, 15) is 10.1 Å². The molecule has 0 radical (unpaired) electrons. The average molecular weight is 309 g/mol. The van der Waals surface area contributed by atoms with Crippen molar-refractivity contribution in [3.63, 3.8) is 0 Å². The first-order valence-corrected chi connectivity index (χ1v) is 5.87. The SMILES string of the molecule is CNc1nc(-c2ccccc2[N+](=O)[O-])ncc1Br. The molecule has 0 aliphatic rings. The Kier molecular flexibility index (Phi) is 3.52. The number of anilines is 1. The molecule has 6 nitrogen and oxygen atoms in total. The number of nitro benzene ring substituents is 1. The quantitative estimate of drug-likeness (QED) is 0.696. The van der Waals surface area contributed by atoms with Crippen LogP contribution in [0.1, 0.15) is 0 Å². The molecule has 0 unspecified atom stereocenters. The third kappa shape index (κ3) is 2.30. The van der Waals surface area contributed by atoms with Crippen LogP contribution in [0.15, 0.2) is 34.9 Å². The maximum atomic E-state index is 10.9. The highest BCUT2D eigenvalue weighted by Gasteiger charge is 2.17. The summed E-state index contributed by atoms with van der Waals surface area (Å²) in [7, 11) is 1.72. The fourth-order valence-electron chi connectivity index (χ4n) is 1.49. The Morgan fingerprint density at radius 1 is 1.39 bits per heavy atom. The summed E-state index contributed by atoms with van der Waals surface area (Å²) in [5, 5.41) is 13.8. The second kappa shape index (κ2) is 5.09. The molecule has 1 aromatic carbocycles. The lowest BCUT2D eigenvalue weighted by Crippen LogP contribution is -1.99. The molecule has 0 bridgehead atoms. The fourth-order valence-corrected chi connectivity index (χ4v) is 1.88. The molecule has 0 atom stereocenters. The van der Waals surface area contributed by atoms with Crippen LogP contribution in [0.25, 0.3) is 11.4 Å². The molecule has 2 aromatic rings. The van der Waals surface area contributed by atoms with Gasteiger partial charge in [0, 0.05) is 19.3 Å². The Morgan fingerprint density at radius 3 is 2.78 bits per heavy atom. The molecule has 1 aromatic heterocycles. The summed E-state index contributed by atoms with van der Waals surface area (Å²) in [6.45, 7) is 0. The number of para-hydroxylation sites is 1. The average Bonchev–Trinajstić information content (AvgIpc) is 2.39. The van der Waals surface area contributed by atoms with Gasteiger partial charge in [-0.25, -0.2) is 9.97 Å². The van der Waals surface area contributed by atoms with Gasteiger partial charge in [-0.1, -0.05) is 12.1 Å². The molecule has 0 fully saturated rings. The number of nitro groups is 1. The second-order valence-corrected chi connectivity index (χ2v) is 4.27. The molecule has 0 aliphatic carbocycles. The van der Waals surface area contributed by atoms with E-state index in [2.05, 4.69) is 31.2 Å². The van der Waals surface area contributed by atoms with Crippen LogP contribution in [-0.2, 0) is 0 Å². The van der Waals surface area contributed by atoms with Crippen LogP contribution in [0.4, 0.5) is 11.5 Å². The summed E-state index contributed by atoms with van der Waals surface area (Å²) in [4.78, 5) is 18.8. The molecule has 0 spiro atoms. The van der Waals surface area contributed by atoms with Crippen molar-refractivity contribution >= 4 is 27.4 Å². The lowest BCUT2D eigenvalue weighted by molar-refractivity contribution is -0.384. The molecule has 1 heterocycles. The van der Waals surface area contributed by atoms with Crippen molar-refractivity contribution in [2.24, 2.45) is 0 Å². The lowest BCUT2D eigenvalue weighted by Gasteiger charge is -2.05. The van der Waals surface area contributed by atoms with E-state index in [0.717, 1.165) is 0 Å². The predicted octanol–water partition coefficient (Wildman–Crippen LogP) is 2.86. The zero-order valence-corrected chi connectivity index (χ0v) is 11.0. The lowest BCUT2D eigenvalue weighted by atomic mass is 10.1. The van der Waals surface area contributed by atoms with Crippen molar-refractivity contribution in [1.29, 1.82) is 0 Å². The van der Waals surface area contributed by atoms with Crippen LogP contribution in [-0.4, -0.2) is 21.9 Å². The molecule has 18 heavy (non-hydrogen) atoms. The summed E-state index contributed by atoms with van der Waals surface area (Å²) >= 11 is 3.29. The van der Waals surface area contributed by atoms with E-state index < -0.39 is 4.92 Å². The molecular formula is C11H9BrN4O2. The molecule has 0 amide bonds. The number of halogens is 1. The van der Waals surface area contributed by atoms with Crippen LogP contribution in [0, 0.1) is 10.1 Å². The summed E-state index contributed by atoms with van der Waals surface area (Å²) < 4.78 is 0.701. The first-order chi connectivity index (χ1) is 8.63. The summed E-state index contributed by atoms with van der Waals surface area (Å²) in [5.41, 5.74) is 0.383. The second-order valence-electron chi connectivity index (χ2n) is 3.41. The van der Waals surface area contributed by atoms with Gasteiger partial charge in [-0.05, 0) is 22.0 Å². The van der Waals surface area contributed by atoms with E-state index in [0.29, 0.717) is 21.7 Å². The maximum absolute atomic E-state index is 10.9. The minimum atomic E-state index is -0.445. The van der Waals surface area contributed by atoms with E-state index in [1.54, 1.807) is 31.4 Å². The van der Waals surface area contributed by atoms with Crippen molar-refractivity contribution in [3.8, 4) is 11.4 Å². The number of hydrogen-bond acceptors (Lipinski definition) is 5. The van der Waals surface area contributed by atoms with Crippen molar-refractivity contribution in [2.75, 3.05) is 12.4 Å². The van der Waals surface area contributed by atoms with Gasteiger partial charge < -0.3 is 5.32 Å². The number of rotatable bonds is 3. The van der Waals surface area contributed by atoms with Gasteiger partial charge in [-0.15, -0.1) is 0 Å². The van der Waals surface area contributed by atoms with E-state index in [1.165, 1.54) is 6.07 Å². The standard InChI is InChI=1S/C11H9BrN4O2/c1-13-11-8(12)6-14-10(15-11)7-4-2-3-5-9(7)16(17)18/h2-6H,1H3,(H,13,14,15). The van der Waals surface area contributed by atoms with Gasteiger partial charge in [0.15, 0.2) is 5.82 Å². The van der Waals surface area contributed by atoms with Crippen molar-refractivity contribution in [1.82, 2.24) is 9.97 Å². The minimum absolute atomic E-state index is 0.0122. The third-order valence-corrected chi connectivity index (χ3v) is 2.90. The van der Waals surface area contributed by atoms with Crippen LogP contribution in [0.5, 0.6) is 0 Å². The van der Waals surface area contributed by atoms with Crippen molar-refractivity contribution in [3.05, 3.63) is 45.0 Å². The summed E-state index contributed by atoms with van der Waals surface area (Å²) in [6, 6.07) is 6.38. The van der Waals surface area contributed by atoms with Crippen LogP contribution in [0.3, 0.4) is 0 Å². The first-order valence-electron chi connectivity index (χ1n) is 5.07. The Balaban J connectivity index is 2.58. The van der Waals surface area contributed by atoms with Gasteiger partial charge in [0.1, 0.15) is 5.82 Å². The number of nitrogens with one attached hydrogen (secondary N) is 1. The molecule has 0 saturated heterocycles. The largest absolute Gasteiger partial charge is 0.372 e. The topological polar surface area (TPSA) is 81.0 Å². The van der Waals surface area contributed by atoms with Gasteiger partial charge in [-0.2, -0.15) is 0 Å². The normalized spacial score (nSPS) is 10.1. The van der Waals surface area contributed by atoms with E-state index in [4.69, 9.17) is 0 Å². The van der Waals surface area contributed by atoms with Gasteiger partial charge in [-0.3, -0.25) is 10.1 Å². The molecule has 2 rings (SSSR count). The third-order valence-electron chi connectivity index (χ3n) is 2.32. The number of aromatic nitrogens is 2. The van der Waals surface area contributed by atoms with E-state index in [1.807, 2.05) is 0 Å². The van der Waals surface area contributed by atoms with Crippen LogP contribution in [0.2, 0.25) is 0 Å². The highest BCUT2D eigenvalue weighted by molar-refractivity contribution is 9.10. The molecule has 1 N–H and O–H groups in total. The predicted molar refractivity (Wildman–Crippen MR) is 71.4 cm³/mol. The van der Waals surface area contributed by atoms with Crippen LogP contribution < -0.4 is 5.32 Å². The number of hydrogen-bond donors (Lipinski definition) is 1. The molecule has 92 valence electrons. The maximum Gasteiger partial charge on any atom is 0.280 e. The fraction of sp³-hybridized carbons (Fsp3) is 0.0909. The van der Waals surface area contributed by atoms with Gasteiger partial charge in [0.05, 0.1) is 15.0 Å². The number of nitrogens with zero attached hydrogens (tertiary/aromatic N) is 3. The van der Waals surface area contributed by atoms with Gasteiger partial charge >= 0.3 is 0 Å². The smallest absolute Gasteiger partial charge is 0.280 e. The van der Waals surface area contributed by atoms with E-state index in [-0.39, 0.29) is 5.69 Å². The van der Waals surface area contributed by atoms with E-state index >= 15 is 0 Å². The van der Waals surface area contributed by atoms with Crippen molar-refractivity contribution < 1.29 is 4.92 Å². The zero-order valence-electron chi connectivity index (χ0n) is 9.42. The van der Waals surface area contributed by atoms with Crippen molar-refractivity contribution in [2.45, 2.75) is 0 Å². The highest BCUT2D eigenvalue weighted by atomic mass is 79.9. The molecular weight excluding hydrogens is 300 g/mol. The Morgan fingerprint density at radius 2 is 2.11 bits per heavy atom. The molecule has 0 saturated carbocycles. The number of benzene rings is 1. The zero-order chi connectivity index (χ0) is 13.1. The molecule has 7 heteroatoms. The highest BCUT2D eigenvalue weighted by Crippen LogP contribution is 2.29. The minimum Gasteiger partial charge on any atom is -0.372 e. The van der Waals surface area contributed by atoms with Crippen LogP contribution >= 0.6 is 15.9 Å². The summed E-state index contributed by atoms with van der Waals surface area (Å²) in [5.74, 6) is 0.896. The molecule has 0 aliphatic heterocycles. The Bertz CT molecular complexity index is 603. The Labute approximate surface area is 111 Å². The monoisotopic (exact) mass is 308 g/mol. The Hall–Kier alpha value is -2.02. The van der Waals surface area contributed by atoms with Gasteiger partial charge in [0.25, 0.3) is 5.69 Å².